The molecule has 0 radical (unpaired) electrons. The molecule has 4 heteroatoms. The highest BCUT2D eigenvalue weighted by Gasteiger charge is 2.11. The van der Waals surface area contributed by atoms with Gasteiger partial charge in [-0.3, -0.25) is 4.79 Å². The zero-order chi connectivity index (χ0) is 14.7. The van der Waals surface area contributed by atoms with Gasteiger partial charge in [0.25, 0.3) is 5.91 Å². The normalized spacial score (nSPS) is 11.9. The van der Waals surface area contributed by atoms with E-state index in [1.54, 1.807) is 43.3 Å². The van der Waals surface area contributed by atoms with E-state index >= 15 is 0 Å². The first-order valence-corrected chi connectivity index (χ1v) is 6.43. The summed E-state index contributed by atoms with van der Waals surface area (Å²) in [5, 5.41) is 12.4. The fraction of sp³-hybridized carbons (Fsp3) is 0.188. The molecule has 0 spiro atoms. The van der Waals surface area contributed by atoms with Gasteiger partial charge in [-0.05, 0) is 49.2 Å². The summed E-state index contributed by atoms with van der Waals surface area (Å²) >= 11 is 0. The van der Waals surface area contributed by atoms with Crippen LogP contribution in [0.5, 0.6) is 0 Å². The Labute approximate surface area is 118 Å². The quantitative estimate of drug-likeness (QED) is 0.751. The molecule has 0 unspecified atom stereocenters. The van der Waals surface area contributed by atoms with Crippen molar-refractivity contribution in [2.75, 3.05) is 11.1 Å². The number of aliphatic hydroxyl groups is 1. The fourth-order valence-electron chi connectivity index (χ4n) is 1.97. The van der Waals surface area contributed by atoms with Gasteiger partial charge in [-0.2, -0.15) is 0 Å². The van der Waals surface area contributed by atoms with E-state index in [1.165, 1.54) is 0 Å². The van der Waals surface area contributed by atoms with Gasteiger partial charge in [-0.25, -0.2) is 0 Å². The topological polar surface area (TPSA) is 75.4 Å². The van der Waals surface area contributed by atoms with Gasteiger partial charge in [0.05, 0.1) is 6.10 Å². The Hall–Kier alpha value is -2.33. The summed E-state index contributed by atoms with van der Waals surface area (Å²) in [7, 11) is 0. The van der Waals surface area contributed by atoms with E-state index in [-0.39, 0.29) is 5.91 Å². The molecule has 0 saturated heterocycles. The molecule has 0 saturated carbocycles. The Balaban J connectivity index is 2.24. The zero-order valence-corrected chi connectivity index (χ0v) is 11.6. The minimum Gasteiger partial charge on any atom is -0.398 e. The summed E-state index contributed by atoms with van der Waals surface area (Å²) in [6.45, 7) is 3.50. The van der Waals surface area contributed by atoms with Gasteiger partial charge >= 0.3 is 0 Å². The van der Waals surface area contributed by atoms with Crippen LogP contribution in [0, 0.1) is 6.92 Å². The number of amides is 1. The molecule has 0 aliphatic heterocycles. The maximum atomic E-state index is 12.2. The third kappa shape index (κ3) is 2.97. The Morgan fingerprint density at radius 1 is 1.25 bits per heavy atom. The average molecular weight is 270 g/mol. The standard InChI is InChI=1S/C16H18N2O2/c1-10-14(7-4-8-15(10)17)16(20)18-13-6-3-5-12(9-13)11(2)19/h3-9,11,19H,17H2,1-2H3,(H,18,20)/t11-/m1/s1. The van der Waals surface area contributed by atoms with Crippen LogP contribution in [-0.4, -0.2) is 11.0 Å². The van der Waals surface area contributed by atoms with Crippen LogP contribution < -0.4 is 11.1 Å². The summed E-state index contributed by atoms with van der Waals surface area (Å²) in [4.78, 5) is 12.2. The lowest BCUT2D eigenvalue weighted by molar-refractivity contribution is 0.102. The Morgan fingerprint density at radius 2 is 1.95 bits per heavy atom. The molecule has 4 N–H and O–H groups in total. The molecule has 0 aliphatic rings. The number of carbonyl (C=O) groups excluding carboxylic acids is 1. The molecule has 2 aromatic rings. The van der Waals surface area contributed by atoms with E-state index in [1.807, 2.05) is 13.0 Å². The molecule has 0 aliphatic carbocycles. The van der Waals surface area contributed by atoms with Crippen molar-refractivity contribution in [2.45, 2.75) is 20.0 Å². The molecule has 0 heterocycles. The van der Waals surface area contributed by atoms with Gasteiger partial charge in [0.1, 0.15) is 0 Å². The number of carbonyl (C=O) groups is 1. The number of nitrogen functional groups attached to an aromatic ring is 1. The molecule has 104 valence electrons. The summed E-state index contributed by atoms with van der Waals surface area (Å²) in [5.41, 5.74) is 9.11. The average Bonchev–Trinajstić information content (AvgIpc) is 2.42. The SMILES string of the molecule is Cc1c(N)cccc1C(=O)Nc1cccc([C@@H](C)O)c1. The number of hydrogen-bond donors (Lipinski definition) is 3. The number of nitrogens with one attached hydrogen (secondary N) is 1. The summed E-state index contributed by atoms with van der Waals surface area (Å²) in [6, 6.07) is 12.4. The smallest absolute Gasteiger partial charge is 0.256 e. The van der Waals surface area contributed by atoms with E-state index in [9.17, 15) is 9.90 Å². The molecular weight excluding hydrogens is 252 g/mol. The highest BCUT2D eigenvalue weighted by Crippen LogP contribution is 2.20. The molecule has 0 bridgehead atoms. The zero-order valence-electron chi connectivity index (χ0n) is 11.6. The number of hydrogen-bond acceptors (Lipinski definition) is 3. The fourth-order valence-corrected chi connectivity index (χ4v) is 1.97. The van der Waals surface area contributed by atoms with Crippen LogP contribution >= 0.6 is 0 Å². The highest BCUT2D eigenvalue weighted by molar-refractivity contribution is 6.06. The van der Waals surface area contributed by atoms with E-state index < -0.39 is 6.10 Å². The van der Waals surface area contributed by atoms with Gasteiger partial charge in [-0.1, -0.05) is 18.2 Å². The Bertz CT molecular complexity index is 636. The lowest BCUT2D eigenvalue weighted by atomic mass is 10.1. The van der Waals surface area contributed by atoms with Crippen molar-refractivity contribution in [1.29, 1.82) is 0 Å². The molecular formula is C16H18N2O2. The van der Waals surface area contributed by atoms with E-state index in [0.717, 1.165) is 11.1 Å². The third-order valence-corrected chi connectivity index (χ3v) is 3.25. The van der Waals surface area contributed by atoms with Crippen LogP contribution in [0.4, 0.5) is 11.4 Å². The van der Waals surface area contributed by atoms with Crippen molar-refractivity contribution in [1.82, 2.24) is 0 Å². The maximum absolute atomic E-state index is 12.2. The third-order valence-electron chi connectivity index (χ3n) is 3.25. The van der Waals surface area contributed by atoms with Crippen LogP contribution in [0.15, 0.2) is 42.5 Å². The van der Waals surface area contributed by atoms with E-state index in [4.69, 9.17) is 5.73 Å². The lowest BCUT2D eigenvalue weighted by Gasteiger charge is -2.11. The second kappa shape index (κ2) is 5.75. The van der Waals surface area contributed by atoms with Crippen molar-refractivity contribution < 1.29 is 9.90 Å². The summed E-state index contributed by atoms with van der Waals surface area (Å²) < 4.78 is 0. The van der Waals surface area contributed by atoms with Gasteiger partial charge < -0.3 is 16.2 Å². The molecule has 0 fully saturated rings. The Morgan fingerprint density at radius 3 is 2.65 bits per heavy atom. The highest BCUT2D eigenvalue weighted by atomic mass is 16.3. The second-order valence-electron chi connectivity index (χ2n) is 4.78. The van der Waals surface area contributed by atoms with Crippen LogP contribution in [0.25, 0.3) is 0 Å². The van der Waals surface area contributed by atoms with Gasteiger partial charge in [0, 0.05) is 16.9 Å². The minimum absolute atomic E-state index is 0.211. The first-order valence-electron chi connectivity index (χ1n) is 6.43. The molecule has 2 rings (SSSR count). The number of nitrogens with two attached hydrogens (primary N) is 1. The van der Waals surface area contributed by atoms with Gasteiger partial charge in [-0.15, -0.1) is 0 Å². The predicted octanol–water partition coefficient (Wildman–Crippen LogP) is 2.88. The van der Waals surface area contributed by atoms with Crippen molar-refractivity contribution in [3.63, 3.8) is 0 Å². The van der Waals surface area contributed by atoms with Crippen LogP contribution in [-0.2, 0) is 0 Å². The number of aliphatic hydroxyl groups excluding tert-OH is 1. The number of rotatable bonds is 3. The first kappa shape index (κ1) is 14.1. The van der Waals surface area contributed by atoms with Crippen LogP contribution in [0.3, 0.4) is 0 Å². The van der Waals surface area contributed by atoms with Crippen molar-refractivity contribution in [3.8, 4) is 0 Å². The first-order chi connectivity index (χ1) is 9.49. The number of anilines is 2. The summed E-state index contributed by atoms with van der Waals surface area (Å²) in [6.07, 6.45) is -0.569. The summed E-state index contributed by atoms with van der Waals surface area (Å²) in [5.74, 6) is -0.211. The van der Waals surface area contributed by atoms with Crippen molar-refractivity contribution in [3.05, 3.63) is 59.2 Å². The molecule has 2 aromatic carbocycles. The minimum atomic E-state index is -0.569. The van der Waals surface area contributed by atoms with E-state index in [2.05, 4.69) is 5.32 Å². The predicted molar refractivity (Wildman–Crippen MR) is 80.6 cm³/mol. The second-order valence-corrected chi connectivity index (χ2v) is 4.78. The molecule has 1 atom stereocenters. The Kier molecular flexibility index (Phi) is 4.05. The largest absolute Gasteiger partial charge is 0.398 e. The lowest BCUT2D eigenvalue weighted by Crippen LogP contribution is -2.14. The molecule has 20 heavy (non-hydrogen) atoms. The molecule has 0 aromatic heterocycles. The monoisotopic (exact) mass is 270 g/mol. The van der Waals surface area contributed by atoms with Crippen LogP contribution in [0.2, 0.25) is 0 Å². The van der Waals surface area contributed by atoms with Crippen molar-refractivity contribution in [2.24, 2.45) is 0 Å². The van der Waals surface area contributed by atoms with Crippen LogP contribution in [0.1, 0.15) is 34.5 Å². The maximum Gasteiger partial charge on any atom is 0.256 e. The number of benzene rings is 2. The van der Waals surface area contributed by atoms with Crippen molar-refractivity contribution >= 4 is 17.3 Å². The van der Waals surface area contributed by atoms with Gasteiger partial charge in [0.15, 0.2) is 0 Å². The molecule has 1 amide bonds. The van der Waals surface area contributed by atoms with Gasteiger partial charge in [0.2, 0.25) is 0 Å². The van der Waals surface area contributed by atoms with E-state index in [0.29, 0.717) is 16.9 Å². The molecule has 4 nitrogen and oxygen atoms in total.